The van der Waals surface area contributed by atoms with E-state index in [1.165, 1.54) is 6.08 Å². The SMILES string of the molecule is O[B]C1=C(OCC(F)(F)F)CC=CC=C1. The fraction of sp³-hybridized carbons (Fsp3) is 0.333. The maximum atomic E-state index is 11.9. The molecule has 0 saturated carbocycles. The van der Waals surface area contributed by atoms with Crippen LogP contribution in [-0.4, -0.2) is 25.3 Å². The fourth-order valence-corrected chi connectivity index (χ4v) is 1.05. The van der Waals surface area contributed by atoms with E-state index in [-0.39, 0.29) is 17.7 Å². The van der Waals surface area contributed by atoms with Gasteiger partial charge in [0.15, 0.2) is 6.61 Å². The van der Waals surface area contributed by atoms with Crippen molar-refractivity contribution >= 4 is 7.48 Å². The van der Waals surface area contributed by atoms with Crippen molar-refractivity contribution in [2.45, 2.75) is 12.6 Å². The summed E-state index contributed by atoms with van der Waals surface area (Å²) in [5.41, 5.74) is 0.254. The minimum atomic E-state index is -4.37. The number of hydrogen-bond acceptors (Lipinski definition) is 2. The van der Waals surface area contributed by atoms with Crippen molar-refractivity contribution in [1.82, 2.24) is 0 Å². The lowest BCUT2D eigenvalue weighted by Crippen LogP contribution is -2.17. The molecule has 0 spiro atoms. The number of halogens is 3. The lowest BCUT2D eigenvalue weighted by molar-refractivity contribution is -0.165. The van der Waals surface area contributed by atoms with Crippen LogP contribution in [0.25, 0.3) is 0 Å². The van der Waals surface area contributed by atoms with E-state index in [2.05, 4.69) is 4.74 Å². The van der Waals surface area contributed by atoms with Crippen molar-refractivity contribution in [3.05, 3.63) is 35.5 Å². The van der Waals surface area contributed by atoms with Crippen LogP contribution in [0.3, 0.4) is 0 Å². The van der Waals surface area contributed by atoms with Crippen LogP contribution < -0.4 is 0 Å². The second-order valence-corrected chi connectivity index (χ2v) is 2.90. The molecule has 2 nitrogen and oxygen atoms in total. The molecule has 0 atom stereocenters. The van der Waals surface area contributed by atoms with E-state index in [1.54, 1.807) is 18.2 Å². The van der Waals surface area contributed by atoms with Gasteiger partial charge in [-0.25, -0.2) is 0 Å². The highest BCUT2D eigenvalue weighted by Gasteiger charge is 2.29. The van der Waals surface area contributed by atoms with Gasteiger partial charge in [0, 0.05) is 6.42 Å². The second kappa shape index (κ2) is 5.07. The van der Waals surface area contributed by atoms with Crippen LogP contribution >= 0.6 is 0 Å². The smallest absolute Gasteiger partial charge is 0.422 e. The van der Waals surface area contributed by atoms with Gasteiger partial charge in [0.2, 0.25) is 0 Å². The van der Waals surface area contributed by atoms with Crippen LogP contribution in [0.1, 0.15) is 6.42 Å². The Labute approximate surface area is 86.0 Å². The molecule has 1 N–H and O–H groups in total. The lowest BCUT2D eigenvalue weighted by atomic mass is 9.86. The number of ether oxygens (including phenoxy) is 1. The lowest BCUT2D eigenvalue weighted by Gasteiger charge is -2.13. The van der Waals surface area contributed by atoms with E-state index in [9.17, 15) is 13.2 Å². The first-order chi connectivity index (χ1) is 7.03. The summed E-state index contributed by atoms with van der Waals surface area (Å²) in [5.74, 6) is 0.111. The van der Waals surface area contributed by atoms with Gasteiger partial charge < -0.3 is 9.76 Å². The van der Waals surface area contributed by atoms with E-state index in [1.807, 2.05) is 0 Å². The molecule has 6 heteroatoms. The normalized spacial score (nSPS) is 16.5. The van der Waals surface area contributed by atoms with Gasteiger partial charge >= 0.3 is 13.7 Å². The molecule has 0 aromatic rings. The number of rotatable bonds is 3. The molecule has 0 aliphatic heterocycles. The quantitative estimate of drug-likeness (QED) is 0.731. The maximum Gasteiger partial charge on any atom is 0.422 e. The van der Waals surface area contributed by atoms with Crippen molar-refractivity contribution in [3.8, 4) is 0 Å². The average Bonchev–Trinajstić information content (AvgIpc) is 2.37. The number of hydrogen-bond donors (Lipinski definition) is 1. The van der Waals surface area contributed by atoms with Crippen molar-refractivity contribution < 1.29 is 22.9 Å². The summed E-state index contributed by atoms with van der Waals surface area (Å²) in [6, 6.07) is 0. The van der Waals surface area contributed by atoms with E-state index in [0.717, 1.165) is 7.48 Å². The molecule has 0 aromatic heterocycles. The highest BCUT2D eigenvalue weighted by molar-refractivity contribution is 6.38. The predicted octanol–water partition coefficient (Wildman–Crippen LogP) is 1.90. The average molecular weight is 217 g/mol. The summed E-state index contributed by atoms with van der Waals surface area (Å²) in [6.45, 7) is -1.35. The second-order valence-electron chi connectivity index (χ2n) is 2.90. The van der Waals surface area contributed by atoms with Crippen LogP contribution in [0.5, 0.6) is 0 Å². The molecular formula is C9H9BF3O2. The zero-order chi connectivity index (χ0) is 11.3. The molecule has 0 amide bonds. The Morgan fingerprint density at radius 3 is 2.73 bits per heavy atom. The van der Waals surface area contributed by atoms with Crippen LogP contribution in [0, 0.1) is 0 Å². The summed E-state index contributed by atoms with van der Waals surface area (Å²) in [5, 5.41) is 8.79. The highest BCUT2D eigenvalue weighted by atomic mass is 19.4. The first-order valence-corrected chi connectivity index (χ1v) is 4.26. The zero-order valence-electron chi connectivity index (χ0n) is 7.79. The molecule has 0 saturated heterocycles. The molecule has 15 heavy (non-hydrogen) atoms. The molecule has 0 bridgehead atoms. The monoisotopic (exact) mass is 217 g/mol. The Bertz CT molecular complexity index is 305. The van der Waals surface area contributed by atoms with E-state index >= 15 is 0 Å². The molecular weight excluding hydrogens is 208 g/mol. The Morgan fingerprint density at radius 1 is 1.40 bits per heavy atom. The highest BCUT2D eigenvalue weighted by Crippen LogP contribution is 2.20. The Morgan fingerprint density at radius 2 is 2.13 bits per heavy atom. The van der Waals surface area contributed by atoms with Crippen molar-refractivity contribution in [1.29, 1.82) is 0 Å². The van der Waals surface area contributed by atoms with Crippen LogP contribution in [-0.2, 0) is 4.74 Å². The molecule has 0 unspecified atom stereocenters. The maximum absolute atomic E-state index is 11.9. The number of alkyl halides is 3. The van der Waals surface area contributed by atoms with Crippen LogP contribution in [0.2, 0.25) is 0 Å². The molecule has 1 aliphatic carbocycles. The minimum absolute atomic E-state index is 0.111. The summed E-state index contributed by atoms with van der Waals surface area (Å²) in [7, 11) is 0.731. The molecule has 0 fully saturated rings. The molecule has 0 aromatic carbocycles. The van der Waals surface area contributed by atoms with Gasteiger partial charge in [0.05, 0.1) is 5.76 Å². The van der Waals surface area contributed by atoms with Gasteiger partial charge in [0.1, 0.15) is 0 Å². The minimum Gasteiger partial charge on any atom is -0.489 e. The molecule has 1 rings (SSSR count). The standard InChI is InChI=1S/C9H9BF3O2/c11-9(12,13)6-15-8-5-3-1-2-4-7(8)10-14/h1-4,14H,5-6H2. The Hall–Kier alpha value is -1.17. The summed E-state index contributed by atoms with van der Waals surface area (Å²) >= 11 is 0. The molecule has 81 valence electrons. The van der Waals surface area contributed by atoms with Gasteiger partial charge in [0.25, 0.3) is 0 Å². The molecule has 1 aliphatic rings. The predicted molar refractivity (Wildman–Crippen MR) is 49.9 cm³/mol. The van der Waals surface area contributed by atoms with Gasteiger partial charge in [-0.05, 0) is 5.47 Å². The topological polar surface area (TPSA) is 29.5 Å². The number of allylic oxidation sites excluding steroid dienone is 5. The van der Waals surface area contributed by atoms with Crippen molar-refractivity contribution in [2.24, 2.45) is 0 Å². The fourth-order valence-electron chi connectivity index (χ4n) is 1.05. The Kier molecular flexibility index (Phi) is 4.02. The summed E-state index contributed by atoms with van der Waals surface area (Å²) < 4.78 is 40.3. The summed E-state index contributed by atoms with van der Waals surface area (Å²) in [4.78, 5) is 0. The van der Waals surface area contributed by atoms with E-state index in [4.69, 9.17) is 5.02 Å². The third kappa shape index (κ3) is 4.25. The first kappa shape index (κ1) is 11.9. The molecule has 1 radical (unpaired) electrons. The molecule has 0 heterocycles. The van der Waals surface area contributed by atoms with Crippen LogP contribution in [0.4, 0.5) is 13.2 Å². The van der Waals surface area contributed by atoms with Crippen molar-refractivity contribution in [3.63, 3.8) is 0 Å². The van der Waals surface area contributed by atoms with E-state index < -0.39 is 12.8 Å². The Balaban J connectivity index is 2.68. The largest absolute Gasteiger partial charge is 0.489 e. The van der Waals surface area contributed by atoms with Gasteiger partial charge in [-0.3, -0.25) is 0 Å². The summed E-state index contributed by atoms with van der Waals surface area (Å²) in [6.07, 6.45) is 2.29. The first-order valence-electron chi connectivity index (χ1n) is 4.26. The van der Waals surface area contributed by atoms with Gasteiger partial charge in [-0.2, -0.15) is 13.2 Å². The zero-order valence-corrected chi connectivity index (χ0v) is 7.79. The van der Waals surface area contributed by atoms with Gasteiger partial charge in [-0.1, -0.05) is 24.3 Å². The third-order valence-electron chi connectivity index (χ3n) is 1.70. The van der Waals surface area contributed by atoms with Crippen molar-refractivity contribution in [2.75, 3.05) is 6.61 Å². The third-order valence-corrected chi connectivity index (χ3v) is 1.70. The van der Waals surface area contributed by atoms with E-state index in [0.29, 0.717) is 0 Å². The van der Waals surface area contributed by atoms with Crippen LogP contribution in [0.15, 0.2) is 35.5 Å². The van der Waals surface area contributed by atoms with Gasteiger partial charge in [-0.15, -0.1) is 0 Å².